The Bertz CT molecular complexity index is 178. The highest BCUT2D eigenvalue weighted by molar-refractivity contribution is 7.99. The van der Waals surface area contributed by atoms with E-state index in [-0.39, 0.29) is 0 Å². The quantitative estimate of drug-likeness (QED) is 0.618. The Morgan fingerprint density at radius 3 is 2.71 bits per heavy atom. The first-order valence-electron chi connectivity index (χ1n) is 6.38. The molecule has 17 heavy (non-hydrogen) atoms. The van der Waals surface area contributed by atoms with Crippen LogP contribution in [0.5, 0.6) is 0 Å². The maximum Gasteiger partial charge on any atom is 0.0589 e. The molecule has 1 atom stereocenters. The summed E-state index contributed by atoms with van der Waals surface area (Å²) in [6, 6.07) is 0.633. The number of methoxy groups -OCH3 is 2. The number of hydrogen-bond donors (Lipinski definition) is 1. The molecule has 0 aromatic rings. The van der Waals surface area contributed by atoms with Crippen molar-refractivity contribution in [1.29, 1.82) is 0 Å². The lowest BCUT2D eigenvalue weighted by molar-refractivity contribution is 0.128. The Hall–Kier alpha value is 0.190. The molecule has 1 unspecified atom stereocenters. The van der Waals surface area contributed by atoms with E-state index in [2.05, 4.69) is 22.0 Å². The minimum Gasteiger partial charge on any atom is -0.385 e. The number of rotatable bonds is 9. The summed E-state index contributed by atoms with van der Waals surface area (Å²) in [6.07, 6.45) is 1.10. The molecule has 0 saturated carbocycles. The van der Waals surface area contributed by atoms with E-state index >= 15 is 0 Å². The fourth-order valence-electron chi connectivity index (χ4n) is 2.00. The molecule has 1 rings (SSSR count). The maximum atomic E-state index is 5.17. The second-order valence-electron chi connectivity index (χ2n) is 4.37. The first kappa shape index (κ1) is 15.2. The molecular weight excluding hydrogens is 236 g/mol. The van der Waals surface area contributed by atoms with Crippen LogP contribution in [0.25, 0.3) is 0 Å². The van der Waals surface area contributed by atoms with Crippen LogP contribution in [0.2, 0.25) is 0 Å². The van der Waals surface area contributed by atoms with Gasteiger partial charge in [-0.3, -0.25) is 4.90 Å². The minimum absolute atomic E-state index is 0.633. The summed E-state index contributed by atoms with van der Waals surface area (Å²) in [7, 11) is 3.53. The molecule has 0 aromatic carbocycles. The van der Waals surface area contributed by atoms with E-state index in [9.17, 15) is 0 Å². The van der Waals surface area contributed by atoms with E-state index in [0.717, 1.165) is 45.8 Å². The zero-order valence-corrected chi connectivity index (χ0v) is 11.9. The van der Waals surface area contributed by atoms with Gasteiger partial charge in [-0.15, -0.1) is 0 Å². The minimum atomic E-state index is 0.633. The topological polar surface area (TPSA) is 33.7 Å². The number of nitrogens with one attached hydrogen (secondary N) is 1. The summed E-state index contributed by atoms with van der Waals surface area (Å²) in [4.78, 5) is 2.48. The Morgan fingerprint density at radius 1 is 1.24 bits per heavy atom. The molecule has 0 amide bonds. The first-order valence-corrected chi connectivity index (χ1v) is 7.53. The standard InChI is InChI=1S/C12H26N2O2S/c1-15-7-3-5-14(6-8-16-2)10-12-11-17-9-4-13-12/h12-13H,3-11H2,1-2H3. The van der Waals surface area contributed by atoms with Gasteiger partial charge in [0.2, 0.25) is 0 Å². The van der Waals surface area contributed by atoms with Crippen molar-refractivity contribution >= 4 is 11.8 Å². The highest BCUT2D eigenvalue weighted by atomic mass is 32.2. The zero-order valence-electron chi connectivity index (χ0n) is 11.1. The largest absolute Gasteiger partial charge is 0.385 e. The molecule has 0 spiro atoms. The molecule has 0 aromatic heterocycles. The smallest absolute Gasteiger partial charge is 0.0589 e. The Kier molecular flexibility index (Phi) is 9.10. The van der Waals surface area contributed by atoms with E-state index < -0.39 is 0 Å². The molecule has 1 heterocycles. The molecule has 0 bridgehead atoms. The molecule has 0 radical (unpaired) electrons. The number of ether oxygens (including phenoxy) is 2. The van der Waals surface area contributed by atoms with E-state index in [1.165, 1.54) is 11.5 Å². The number of nitrogens with zero attached hydrogens (tertiary/aromatic N) is 1. The first-order chi connectivity index (χ1) is 8.36. The van der Waals surface area contributed by atoms with Crippen molar-refractivity contribution in [2.24, 2.45) is 0 Å². The van der Waals surface area contributed by atoms with Gasteiger partial charge < -0.3 is 14.8 Å². The predicted octanol–water partition coefficient (Wildman–Crippen LogP) is 0.676. The Labute approximate surface area is 109 Å². The fraction of sp³-hybridized carbons (Fsp3) is 1.00. The number of thioether (sulfide) groups is 1. The highest BCUT2D eigenvalue weighted by Crippen LogP contribution is 2.09. The third-order valence-electron chi connectivity index (χ3n) is 2.91. The normalized spacial score (nSPS) is 21.0. The third kappa shape index (κ3) is 7.26. The summed E-state index contributed by atoms with van der Waals surface area (Å²) in [5, 5.41) is 3.58. The Balaban J connectivity index is 2.22. The van der Waals surface area contributed by atoms with Crippen molar-refractivity contribution in [2.45, 2.75) is 12.5 Å². The summed E-state index contributed by atoms with van der Waals surface area (Å²) < 4.78 is 10.3. The second kappa shape index (κ2) is 10.1. The molecule has 4 nitrogen and oxygen atoms in total. The van der Waals surface area contributed by atoms with Crippen LogP contribution < -0.4 is 5.32 Å². The monoisotopic (exact) mass is 262 g/mol. The van der Waals surface area contributed by atoms with Gasteiger partial charge in [-0.1, -0.05) is 0 Å². The van der Waals surface area contributed by atoms with Gasteiger partial charge in [-0.25, -0.2) is 0 Å². The van der Waals surface area contributed by atoms with Crippen molar-refractivity contribution in [3.63, 3.8) is 0 Å². The molecule has 1 fully saturated rings. The van der Waals surface area contributed by atoms with Crippen molar-refractivity contribution < 1.29 is 9.47 Å². The van der Waals surface area contributed by atoms with Crippen LogP contribution in [0.15, 0.2) is 0 Å². The lowest BCUT2D eigenvalue weighted by Gasteiger charge is -2.30. The van der Waals surface area contributed by atoms with Gasteiger partial charge in [0.15, 0.2) is 0 Å². The molecule has 1 N–H and O–H groups in total. The summed E-state index contributed by atoms with van der Waals surface area (Å²) in [5.41, 5.74) is 0. The van der Waals surface area contributed by atoms with Gasteiger partial charge in [0.25, 0.3) is 0 Å². The van der Waals surface area contributed by atoms with Gasteiger partial charge in [0, 0.05) is 64.6 Å². The van der Waals surface area contributed by atoms with Crippen molar-refractivity contribution in [3.05, 3.63) is 0 Å². The Morgan fingerprint density at radius 2 is 2.06 bits per heavy atom. The average Bonchev–Trinajstić information content (AvgIpc) is 2.37. The van der Waals surface area contributed by atoms with E-state index in [1.54, 1.807) is 14.2 Å². The molecule has 1 aliphatic heterocycles. The molecular formula is C12H26N2O2S. The van der Waals surface area contributed by atoms with Crippen LogP contribution in [0.4, 0.5) is 0 Å². The third-order valence-corrected chi connectivity index (χ3v) is 4.04. The highest BCUT2D eigenvalue weighted by Gasteiger charge is 2.16. The van der Waals surface area contributed by atoms with Crippen LogP contribution in [0.1, 0.15) is 6.42 Å². The molecule has 1 aliphatic rings. The lowest BCUT2D eigenvalue weighted by Crippen LogP contribution is -2.47. The summed E-state index contributed by atoms with van der Waals surface area (Å²) >= 11 is 2.05. The zero-order chi connectivity index (χ0) is 12.3. The van der Waals surface area contributed by atoms with Crippen LogP contribution >= 0.6 is 11.8 Å². The van der Waals surface area contributed by atoms with E-state index in [0.29, 0.717) is 6.04 Å². The van der Waals surface area contributed by atoms with Crippen molar-refractivity contribution in [3.8, 4) is 0 Å². The molecule has 5 heteroatoms. The van der Waals surface area contributed by atoms with Gasteiger partial charge in [0.1, 0.15) is 0 Å². The second-order valence-corrected chi connectivity index (χ2v) is 5.52. The van der Waals surface area contributed by atoms with Gasteiger partial charge >= 0.3 is 0 Å². The van der Waals surface area contributed by atoms with E-state index in [4.69, 9.17) is 9.47 Å². The van der Waals surface area contributed by atoms with Gasteiger partial charge in [0.05, 0.1) is 6.61 Å². The van der Waals surface area contributed by atoms with Crippen molar-refractivity contribution in [1.82, 2.24) is 10.2 Å². The number of hydrogen-bond acceptors (Lipinski definition) is 5. The van der Waals surface area contributed by atoms with Crippen molar-refractivity contribution in [2.75, 3.05) is 65.1 Å². The van der Waals surface area contributed by atoms with Crippen LogP contribution in [-0.4, -0.2) is 76.1 Å². The predicted molar refractivity (Wildman–Crippen MR) is 73.9 cm³/mol. The summed E-state index contributed by atoms with van der Waals surface area (Å²) in [6.45, 7) is 6.04. The SMILES string of the molecule is COCCCN(CCOC)CC1CSCCN1. The average molecular weight is 262 g/mol. The molecule has 102 valence electrons. The van der Waals surface area contributed by atoms with Crippen LogP contribution in [0.3, 0.4) is 0 Å². The lowest BCUT2D eigenvalue weighted by atomic mass is 10.2. The fourth-order valence-corrected chi connectivity index (χ4v) is 2.93. The van der Waals surface area contributed by atoms with Gasteiger partial charge in [-0.2, -0.15) is 11.8 Å². The van der Waals surface area contributed by atoms with Crippen LogP contribution in [0, 0.1) is 0 Å². The maximum absolute atomic E-state index is 5.17. The van der Waals surface area contributed by atoms with Crippen LogP contribution in [-0.2, 0) is 9.47 Å². The molecule has 1 saturated heterocycles. The molecule has 0 aliphatic carbocycles. The van der Waals surface area contributed by atoms with E-state index in [1.807, 2.05) is 0 Å². The van der Waals surface area contributed by atoms with Gasteiger partial charge in [-0.05, 0) is 6.42 Å². The summed E-state index contributed by atoms with van der Waals surface area (Å²) in [5.74, 6) is 2.48.